The van der Waals surface area contributed by atoms with Gasteiger partial charge in [-0.3, -0.25) is 4.99 Å². The van der Waals surface area contributed by atoms with Crippen LogP contribution in [0.3, 0.4) is 0 Å². The molecule has 0 spiro atoms. The molecule has 0 bridgehead atoms. The Morgan fingerprint density at radius 2 is 1.85 bits per heavy atom. The molecule has 33 heavy (non-hydrogen) atoms. The monoisotopic (exact) mass is 459 g/mol. The van der Waals surface area contributed by atoms with Crippen molar-refractivity contribution in [2.45, 2.75) is 23.5 Å². The summed E-state index contributed by atoms with van der Waals surface area (Å²) in [6.07, 6.45) is 0.456. The quantitative estimate of drug-likeness (QED) is 0.372. The normalized spacial score (nSPS) is 15.6. The molecule has 0 amide bonds. The van der Waals surface area contributed by atoms with Gasteiger partial charge in [0, 0.05) is 28.0 Å². The summed E-state index contributed by atoms with van der Waals surface area (Å²) in [6, 6.07) is 17.9. The highest BCUT2D eigenvalue weighted by atomic mass is 32.2. The van der Waals surface area contributed by atoms with Crippen LogP contribution in [-0.4, -0.2) is 23.0 Å². The van der Waals surface area contributed by atoms with Crippen molar-refractivity contribution in [1.29, 1.82) is 0 Å². The van der Waals surface area contributed by atoms with Crippen molar-refractivity contribution in [3.05, 3.63) is 87.8 Å². The number of aromatic hydroxyl groups is 2. The molecule has 5 rings (SSSR count). The number of aliphatic imine (C=N–C) groups is 1. The SMILES string of the molecule is COc1cc([C@H]2CC(c3c(O)ccc4c(C)cc(=O)oc34)=Nc3ccccc3S2)ccc1O. The summed E-state index contributed by atoms with van der Waals surface area (Å²) < 4.78 is 10.9. The van der Waals surface area contributed by atoms with E-state index >= 15 is 0 Å². The van der Waals surface area contributed by atoms with Gasteiger partial charge in [0.25, 0.3) is 0 Å². The number of methoxy groups -OCH3 is 1. The van der Waals surface area contributed by atoms with Crippen LogP contribution in [0.1, 0.15) is 28.4 Å². The third-order valence-corrected chi connectivity index (χ3v) is 7.05. The van der Waals surface area contributed by atoms with Crippen LogP contribution >= 0.6 is 11.8 Å². The molecule has 0 fully saturated rings. The number of nitrogens with zero attached hydrogens (tertiary/aromatic N) is 1. The Labute approximate surface area is 194 Å². The number of phenols is 2. The maximum absolute atomic E-state index is 12.2. The average Bonchev–Trinajstić information content (AvgIpc) is 2.98. The van der Waals surface area contributed by atoms with Crippen molar-refractivity contribution in [3.8, 4) is 17.2 Å². The van der Waals surface area contributed by atoms with Crippen LogP contribution in [0.25, 0.3) is 11.0 Å². The van der Waals surface area contributed by atoms with E-state index in [9.17, 15) is 15.0 Å². The molecule has 0 aliphatic carbocycles. The average molecular weight is 460 g/mol. The Hall–Kier alpha value is -3.71. The molecule has 166 valence electrons. The first-order valence-corrected chi connectivity index (χ1v) is 11.3. The lowest BCUT2D eigenvalue weighted by molar-refractivity contribution is 0.373. The van der Waals surface area contributed by atoms with E-state index in [-0.39, 0.29) is 16.7 Å². The summed E-state index contributed by atoms with van der Waals surface area (Å²) >= 11 is 1.65. The number of hydrogen-bond acceptors (Lipinski definition) is 7. The molecule has 2 N–H and O–H groups in total. The van der Waals surface area contributed by atoms with Gasteiger partial charge in [0.05, 0.1) is 24.1 Å². The van der Waals surface area contributed by atoms with Gasteiger partial charge in [-0.05, 0) is 54.4 Å². The summed E-state index contributed by atoms with van der Waals surface area (Å²) in [6.45, 7) is 1.84. The third kappa shape index (κ3) is 3.85. The van der Waals surface area contributed by atoms with E-state index in [2.05, 4.69) is 0 Å². The van der Waals surface area contributed by atoms with Gasteiger partial charge in [0.1, 0.15) is 5.75 Å². The number of benzene rings is 3. The second-order valence-electron chi connectivity index (χ2n) is 7.85. The van der Waals surface area contributed by atoms with Gasteiger partial charge >= 0.3 is 5.63 Å². The summed E-state index contributed by atoms with van der Waals surface area (Å²) in [4.78, 5) is 18.1. The van der Waals surface area contributed by atoms with E-state index in [4.69, 9.17) is 14.1 Å². The van der Waals surface area contributed by atoms with Crippen molar-refractivity contribution in [2.75, 3.05) is 7.11 Å². The molecule has 7 heteroatoms. The van der Waals surface area contributed by atoms with Crippen LogP contribution in [0.15, 0.2) is 79.8 Å². The maximum atomic E-state index is 12.2. The van der Waals surface area contributed by atoms with Crippen molar-refractivity contribution >= 4 is 34.1 Å². The number of hydrogen-bond donors (Lipinski definition) is 2. The van der Waals surface area contributed by atoms with Gasteiger partial charge in [-0.15, -0.1) is 11.8 Å². The molecule has 1 aliphatic rings. The van der Waals surface area contributed by atoms with Gasteiger partial charge in [0.15, 0.2) is 17.1 Å². The Balaban J connectivity index is 1.73. The Morgan fingerprint density at radius 1 is 1.06 bits per heavy atom. The van der Waals surface area contributed by atoms with Crippen molar-refractivity contribution < 1.29 is 19.4 Å². The molecule has 2 heterocycles. The smallest absolute Gasteiger partial charge is 0.336 e. The van der Waals surface area contributed by atoms with Gasteiger partial charge in [-0.1, -0.05) is 18.2 Å². The van der Waals surface area contributed by atoms with E-state index < -0.39 is 5.63 Å². The summed E-state index contributed by atoms with van der Waals surface area (Å²) in [5.74, 6) is 0.457. The van der Waals surface area contributed by atoms with E-state index in [1.165, 1.54) is 13.2 Å². The lowest BCUT2D eigenvalue weighted by atomic mass is 9.97. The summed E-state index contributed by atoms with van der Waals surface area (Å²) in [7, 11) is 1.51. The second-order valence-corrected chi connectivity index (χ2v) is 9.10. The number of thioether (sulfide) groups is 1. The van der Waals surface area contributed by atoms with E-state index in [1.807, 2.05) is 43.3 Å². The maximum Gasteiger partial charge on any atom is 0.336 e. The number of ether oxygens (including phenoxy) is 1. The zero-order chi connectivity index (χ0) is 23.1. The molecular formula is C26H21NO5S. The second kappa shape index (κ2) is 8.33. The zero-order valence-corrected chi connectivity index (χ0v) is 18.8. The lowest BCUT2D eigenvalue weighted by Gasteiger charge is -2.18. The fourth-order valence-corrected chi connectivity index (χ4v) is 5.32. The largest absolute Gasteiger partial charge is 0.507 e. The Kier molecular flexibility index (Phi) is 5.34. The molecule has 0 radical (unpaired) electrons. The van der Waals surface area contributed by atoms with Crippen molar-refractivity contribution in [1.82, 2.24) is 0 Å². The Bertz CT molecular complexity index is 1470. The standard InChI is InChI=1S/C26H21NO5S/c1-14-11-24(30)32-26-16(14)8-10-20(29)25(26)18-13-23(15-7-9-19(28)21(12-15)31-2)33-22-6-4-3-5-17(22)27-18/h3-12,23,28-29H,13H2,1-2H3/t23-/m1/s1. The summed E-state index contributed by atoms with van der Waals surface area (Å²) in [5, 5.41) is 21.6. The first-order chi connectivity index (χ1) is 15.9. The molecule has 0 saturated heterocycles. The molecule has 4 aromatic rings. The van der Waals surface area contributed by atoms with Crippen LogP contribution in [0, 0.1) is 6.92 Å². The van der Waals surface area contributed by atoms with Gasteiger partial charge in [0.2, 0.25) is 0 Å². The van der Waals surface area contributed by atoms with Crippen LogP contribution in [0.2, 0.25) is 0 Å². The van der Waals surface area contributed by atoms with Crippen molar-refractivity contribution in [2.24, 2.45) is 4.99 Å². The fraction of sp³-hybridized carbons (Fsp3) is 0.154. The highest BCUT2D eigenvalue weighted by molar-refractivity contribution is 7.99. The van der Waals surface area contributed by atoms with Gasteiger partial charge in [-0.25, -0.2) is 4.79 Å². The van der Waals surface area contributed by atoms with Crippen LogP contribution in [0.5, 0.6) is 17.2 Å². The summed E-state index contributed by atoms with van der Waals surface area (Å²) in [5.41, 5.74) is 3.36. The molecular weight excluding hydrogens is 438 g/mol. The number of fused-ring (bicyclic) bond motifs is 2. The minimum absolute atomic E-state index is 0.00131. The van der Waals surface area contributed by atoms with E-state index in [0.717, 1.165) is 27.1 Å². The number of aryl methyl sites for hydroxylation is 1. The minimum Gasteiger partial charge on any atom is -0.507 e. The number of rotatable bonds is 3. The molecule has 0 unspecified atom stereocenters. The highest BCUT2D eigenvalue weighted by Gasteiger charge is 2.27. The third-order valence-electron chi connectivity index (χ3n) is 5.73. The molecule has 1 aromatic heterocycles. The van der Waals surface area contributed by atoms with Crippen molar-refractivity contribution in [3.63, 3.8) is 0 Å². The lowest BCUT2D eigenvalue weighted by Crippen LogP contribution is -2.09. The Morgan fingerprint density at radius 3 is 2.67 bits per heavy atom. The molecule has 1 aliphatic heterocycles. The fourth-order valence-electron chi connectivity index (χ4n) is 4.10. The van der Waals surface area contributed by atoms with E-state index in [0.29, 0.717) is 29.0 Å². The first-order valence-electron chi connectivity index (χ1n) is 10.4. The first kappa shape index (κ1) is 21.2. The van der Waals surface area contributed by atoms with E-state index in [1.54, 1.807) is 30.0 Å². The predicted molar refractivity (Wildman–Crippen MR) is 129 cm³/mol. The molecule has 1 atom stereocenters. The van der Waals surface area contributed by atoms with Gasteiger partial charge < -0.3 is 19.4 Å². The van der Waals surface area contributed by atoms with Crippen LogP contribution < -0.4 is 10.4 Å². The van der Waals surface area contributed by atoms with Crippen LogP contribution in [-0.2, 0) is 0 Å². The molecule has 0 saturated carbocycles. The number of para-hydroxylation sites is 1. The molecule has 3 aromatic carbocycles. The zero-order valence-electron chi connectivity index (χ0n) is 18.0. The predicted octanol–water partition coefficient (Wildman–Crippen LogP) is 5.88. The topological polar surface area (TPSA) is 92.3 Å². The minimum atomic E-state index is -0.476. The van der Waals surface area contributed by atoms with Gasteiger partial charge in [-0.2, -0.15) is 0 Å². The highest BCUT2D eigenvalue weighted by Crippen LogP contribution is 2.47. The van der Waals surface area contributed by atoms with Crippen LogP contribution in [0.4, 0.5) is 5.69 Å². The number of phenolic OH excluding ortho intramolecular Hbond substituents is 2. The molecule has 6 nitrogen and oxygen atoms in total.